The third kappa shape index (κ3) is 3.56. The molecule has 0 aliphatic carbocycles. The van der Waals surface area contributed by atoms with Gasteiger partial charge in [0, 0.05) is 25.6 Å². The van der Waals surface area contributed by atoms with E-state index < -0.39 is 0 Å². The van der Waals surface area contributed by atoms with Crippen molar-refractivity contribution in [2.45, 2.75) is 38.9 Å². The molecule has 0 radical (unpaired) electrons. The number of nitrogen functional groups attached to an aromatic ring is 1. The van der Waals surface area contributed by atoms with Gasteiger partial charge in [0.25, 0.3) is 0 Å². The maximum absolute atomic E-state index is 9.30. The second-order valence-electron chi connectivity index (χ2n) is 5.08. The fourth-order valence-electron chi connectivity index (χ4n) is 2.39. The van der Waals surface area contributed by atoms with Crippen LogP contribution in [0.1, 0.15) is 26.1 Å². The van der Waals surface area contributed by atoms with E-state index in [4.69, 9.17) is 10.6 Å². The van der Waals surface area contributed by atoms with E-state index in [-0.39, 0.29) is 18.8 Å². The van der Waals surface area contributed by atoms with Crippen LogP contribution in [0.4, 0.5) is 11.6 Å². The van der Waals surface area contributed by atoms with Crippen molar-refractivity contribution in [3.8, 4) is 0 Å². The lowest BCUT2D eigenvalue weighted by Gasteiger charge is -2.37. The Morgan fingerprint density at radius 2 is 2.30 bits per heavy atom. The van der Waals surface area contributed by atoms with Crippen molar-refractivity contribution in [2.75, 3.05) is 30.0 Å². The minimum absolute atomic E-state index is 0.00966. The van der Waals surface area contributed by atoms with Gasteiger partial charge >= 0.3 is 0 Å². The number of ether oxygens (including phenoxy) is 1. The van der Waals surface area contributed by atoms with E-state index >= 15 is 0 Å². The molecular formula is C13H23N5O2. The van der Waals surface area contributed by atoms with E-state index in [1.54, 1.807) is 0 Å². The topological polar surface area (TPSA) is 96.5 Å². The number of aliphatic hydroxyl groups is 1. The summed E-state index contributed by atoms with van der Waals surface area (Å²) in [7, 11) is 0. The third-order valence-corrected chi connectivity index (χ3v) is 3.23. The Hall–Kier alpha value is -1.44. The van der Waals surface area contributed by atoms with Gasteiger partial charge < -0.3 is 20.2 Å². The zero-order chi connectivity index (χ0) is 14.5. The molecule has 1 aromatic rings. The van der Waals surface area contributed by atoms with Crippen LogP contribution < -0.4 is 16.2 Å². The van der Waals surface area contributed by atoms with E-state index in [0.717, 1.165) is 31.0 Å². The van der Waals surface area contributed by atoms with Crippen LogP contribution >= 0.6 is 0 Å². The van der Waals surface area contributed by atoms with Crippen LogP contribution in [-0.4, -0.2) is 47.0 Å². The Balaban J connectivity index is 2.23. The van der Waals surface area contributed by atoms with Gasteiger partial charge in [-0.05, 0) is 13.3 Å². The summed E-state index contributed by atoms with van der Waals surface area (Å²) in [4.78, 5) is 11.0. The van der Waals surface area contributed by atoms with Gasteiger partial charge in [-0.2, -0.15) is 0 Å². The van der Waals surface area contributed by atoms with Gasteiger partial charge in [-0.15, -0.1) is 0 Å². The number of nitrogens with two attached hydrogens (primary N) is 1. The summed E-state index contributed by atoms with van der Waals surface area (Å²) in [6, 6.07) is 1.83. The summed E-state index contributed by atoms with van der Waals surface area (Å²) in [5.74, 6) is 7.68. The number of nitrogens with zero attached hydrogens (tertiary/aromatic N) is 3. The predicted octanol–water partition coefficient (Wildman–Crippen LogP) is 0.301. The Labute approximate surface area is 119 Å². The normalized spacial score (nSPS) is 22.9. The lowest BCUT2D eigenvalue weighted by Crippen LogP contribution is -2.48. The van der Waals surface area contributed by atoms with Crippen LogP contribution in [-0.2, 0) is 11.2 Å². The molecule has 1 aliphatic heterocycles. The first-order valence-electron chi connectivity index (χ1n) is 7.02. The molecule has 0 bridgehead atoms. The summed E-state index contributed by atoms with van der Waals surface area (Å²) in [5.41, 5.74) is 2.58. The summed E-state index contributed by atoms with van der Waals surface area (Å²) in [6.07, 6.45) is 1.66. The van der Waals surface area contributed by atoms with Gasteiger partial charge in [0.2, 0.25) is 0 Å². The highest BCUT2D eigenvalue weighted by Crippen LogP contribution is 2.21. The zero-order valence-corrected chi connectivity index (χ0v) is 12.0. The van der Waals surface area contributed by atoms with Gasteiger partial charge in [0.05, 0.1) is 18.8 Å². The van der Waals surface area contributed by atoms with Crippen LogP contribution in [0.3, 0.4) is 0 Å². The molecule has 1 fully saturated rings. The quantitative estimate of drug-likeness (QED) is 0.527. The van der Waals surface area contributed by atoms with Gasteiger partial charge in [-0.1, -0.05) is 6.92 Å². The molecule has 2 rings (SSSR count). The minimum atomic E-state index is -0.183. The van der Waals surface area contributed by atoms with E-state index in [1.165, 1.54) is 0 Å². The van der Waals surface area contributed by atoms with Gasteiger partial charge in [-0.3, -0.25) is 0 Å². The van der Waals surface area contributed by atoms with Crippen LogP contribution in [0.15, 0.2) is 6.07 Å². The van der Waals surface area contributed by atoms with E-state index in [2.05, 4.69) is 27.2 Å². The van der Waals surface area contributed by atoms with Gasteiger partial charge in [0.15, 0.2) is 0 Å². The molecule has 0 amide bonds. The van der Waals surface area contributed by atoms with Crippen molar-refractivity contribution in [1.29, 1.82) is 0 Å². The number of nitrogens with one attached hydrogen (secondary N) is 1. The van der Waals surface area contributed by atoms with E-state index in [1.807, 2.05) is 13.0 Å². The second kappa shape index (κ2) is 6.83. The molecule has 112 valence electrons. The monoisotopic (exact) mass is 281 g/mol. The highest BCUT2D eigenvalue weighted by molar-refractivity contribution is 5.49. The lowest BCUT2D eigenvalue weighted by atomic mass is 10.2. The van der Waals surface area contributed by atoms with Crippen molar-refractivity contribution in [2.24, 2.45) is 5.84 Å². The number of hydrogen-bond acceptors (Lipinski definition) is 7. The van der Waals surface area contributed by atoms with Crippen molar-refractivity contribution >= 4 is 11.6 Å². The highest BCUT2D eigenvalue weighted by atomic mass is 16.5. The molecule has 0 saturated carbocycles. The molecule has 2 unspecified atom stereocenters. The number of rotatable bonds is 5. The number of aromatic nitrogens is 2. The summed E-state index contributed by atoms with van der Waals surface area (Å²) >= 11 is 0. The standard InChI is InChI=1S/C13H23N5O2/c1-3-4-11-15-12(17-14)5-13(16-11)18-6-9(2)20-10(7-18)8-19/h5,9-10,19H,3-4,6-8,14H2,1-2H3,(H,15,16,17). The molecule has 20 heavy (non-hydrogen) atoms. The molecule has 7 nitrogen and oxygen atoms in total. The maximum atomic E-state index is 9.30. The fraction of sp³-hybridized carbons (Fsp3) is 0.692. The van der Waals surface area contributed by atoms with Crippen LogP contribution in [0.25, 0.3) is 0 Å². The van der Waals surface area contributed by atoms with Gasteiger partial charge in [-0.25, -0.2) is 15.8 Å². The van der Waals surface area contributed by atoms with Crippen LogP contribution in [0.5, 0.6) is 0 Å². The number of anilines is 2. The number of aliphatic hydroxyl groups excluding tert-OH is 1. The maximum Gasteiger partial charge on any atom is 0.145 e. The first kappa shape index (κ1) is 15.0. The third-order valence-electron chi connectivity index (χ3n) is 3.23. The second-order valence-corrected chi connectivity index (χ2v) is 5.08. The Morgan fingerprint density at radius 3 is 2.95 bits per heavy atom. The molecule has 1 saturated heterocycles. The first-order chi connectivity index (χ1) is 9.66. The first-order valence-corrected chi connectivity index (χ1v) is 7.02. The molecule has 1 aromatic heterocycles. The molecule has 2 atom stereocenters. The van der Waals surface area contributed by atoms with Crippen LogP contribution in [0.2, 0.25) is 0 Å². The van der Waals surface area contributed by atoms with Crippen molar-refractivity contribution < 1.29 is 9.84 Å². The smallest absolute Gasteiger partial charge is 0.145 e. The lowest BCUT2D eigenvalue weighted by molar-refractivity contribution is -0.0423. The summed E-state index contributed by atoms with van der Waals surface area (Å²) in [5, 5.41) is 9.30. The summed E-state index contributed by atoms with van der Waals surface area (Å²) < 4.78 is 5.65. The number of hydrogen-bond donors (Lipinski definition) is 3. The average molecular weight is 281 g/mol. The largest absolute Gasteiger partial charge is 0.394 e. The average Bonchev–Trinajstić information content (AvgIpc) is 2.46. The molecule has 7 heteroatoms. The molecule has 1 aliphatic rings. The van der Waals surface area contributed by atoms with Crippen molar-refractivity contribution in [3.63, 3.8) is 0 Å². The zero-order valence-electron chi connectivity index (χ0n) is 12.0. The van der Waals surface area contributed by atoms with Crippen molar-refractivity contribution in [3.05, 3.63) is 11.9 Å². The van der Waals surface area contributed by atoms with E-state index in [9.17, 15) is 5.11 Å². The highest BCUT2D eigenvalue weighted by Gasteiger charge is 2.26. The number of aryl methyl sites for hydroxylation is 1. The Morgan fingerprint density at radius 1 is 1.50 bits per heavy atom. The molecule has 2 heterocycles. The Bertz CT molecular complexity index is 443. The van der Waals surface area contributed by atoms with Crippen LogP contribution in [0, 0.1) is 0 Å². The number of hydrazine groups is 1. The number of morpholine rings is 1. The van der Waals surface area contributed by atoms with Crippen molar-refractivity contribution in [1.82, 2.24) is 9.97 Å². The molecule has 0 aromatic carbocycles. The Kier molecular flexibility index (Phi) is 5.11. The summed E-state index contributed by atoms with van der Waals surface area (Å²) in [6.45, 7) is 5.45. The van der Waals surface area contributed by atoms with E-state index in [0.29, 0.717) is 12.4 Å². The molecular weight excluding hydrogens is 258 g/mol. The molecule has 4 N–H and O–H groups in total. The minimum Gasteiger partial charge on any atom is -0.394 e. The molecule has 0 spiro atoms. The fourth-order valence-corrected chi connectivity index (χ4v) is 2.39. The predicted molar refractivity (Wildman–Crippen MR) is 77.5 cm³/mol. The van der Waals surface area contributed by atoms with Gasteiger partial charge in [0.1, 0.15) is 17.5 Å². The SMILES string of the molecule is CCCc1nc(NN)cc(N2CC(C)OC(CO)C2)n1.